The number of aliphatic hydroxyl groups is 1. The van der Waals surface area contributed by atoms with Gasteiger partial charge in [-0.05, 0) is 44.8 Å². The highest BCUT2D eigenvalue weighted by molar-refractivity contribution is 6.47. The number of methoxy groups -OCH3 is 1. The molecule has 2 N–H and O–H groups in total. The lowest BCUT2D eigenvalue weighted by Crippen LogP contribution is -2.49. The van der Waals surface area contributed by atoms with E-state index in [0.717, 1.165) is 11.0 Å². The van der Waals surface area contributed by atoms with E-state index in [-0.39, 0.29) is 5.91 Å². The number of hydrogen-bond donors (Lipinski definition) is 2. The van der Waals surface area contributed by atoms with E-state index in [2.05, 4.69) is 5.32 Å². The minimum Gasteiger partial charge on any atom is -0.496 e. The van der Waals surface area contributed by atoms with Crippen molar-refractivity contribution in [3.8, 4) is 5.75 Å². The highest BCUT2D eigenvalue weighted by Crippen LogP contribution is 2.26. The quantitative estimate of drug-likeness (QED) is 0.785. The topological polar surface area (TPSA) is 67.8 Å². The van der Waals surface area contributed by atoms with Crippen LogP contribution in [-0.4, -0.2) is 36.8 Å². The van der Waals surface area contributed by atoms with Crippen molar-refractivity contribution in [2.75, 3.05) is 7.11 Å². The molecule has 0 saturated carbocycles. The van der Waals surface area contributed by atoms with Gasteiger partial charge < -0.3 is 19.8 Å². The Labute approximate surface area is 125 Å². The van der Waals surface area contributed by atoms with Crippen LogP contribution < -0.4 is 15.5 Å². The predicted octanol–water partition coefficient (Wildman–Crippen LogP) is 0.749. The van der Waals surface area contributed by atoms with Crippen LogP contribution in [-0.2, 0) is 11.2 Å². The summed E-state index contributed by atoms with van der Waals surface area (Å²) in [6.07, 6.45) is 0. The number of carbonyl (C=O) groups excluding carboxylic acids is 1. The van der Waals surface area contributed by atoms with E-state index in [1.54, 1.807) is 27.4 Å². The van der Waals surface area contributed by atoms with Crippen LogP contribution in [0.3, 0.4) is 0 Å². The molecule has 0 aromatic heterocycles. The summed E-state index contributed by atoms with van der Waals surface area (Å²) in [7, 11) is 3.12. The van der Waals surface area contributed by atoms with Gasteiger partial charge in [0.15, 0.2) is 0 Å². The van der Waals surface area contributed by atoms with Crippen molar-refractivity contribution in [2.24, 2.45) is 0 Å². The Kier molecular flexibility index (Phi) is 4.04. The van der Waals surface area contributed by atoms with Gasteiger partial charge in [0.1, 0.15) is 5.75 Å². The Morgan fingerprint density at radius 3 is 2.52 bits per heavy atom. The van der Waals surface area contributed by atoms with Gasteiger partial charge in [-0.15, -0.1) is 0 Å². The fourth-order valence-corrected chi connectivity index (χ4v) is 1.95. The third-order valence-electron chi connectivity index (χ3n) is 4.06. The molecule has 113 valence electrons. The lowest BCUT2D eigenvalue weighted by atomic mass is 9.81. The average Bonchev–Trinajstić information content (AvgIpc) is 2.76. The minimum absolute atomic E-state index is 0.119. The van der Waals surface area contributed by atoms with Gasteiger partial charge >= 0.3 is 7.48 Å². The van der Waals surface area contributed by atoms with Crippen LogP contribution in [0.5, 0.6) is 5.75 Å². The maximum Gasteiger partial charge on any atom is 0.331 e. The largest absolute Gasteiger partial charge is 0.496 e. The van der Waals surface area contributed by atoms with Crippen molar-refractivity contribution in [3.05, 3.63) is 23.3 Å². The Morgan fingerprint density at radius 2 is 1.95 bits per heavy atom. The van der Waals surface area contributed by atoms with Gasteiger partial charge in [0, 0.05) is 6.54 Å². The lowest BCUT2D eigenvalue weighted by Gasteiger charge is -2.37. The van der Waals surface area contributed by atoms with Gasteiger partial charge in [-0.3, -0.25) is 4.79 Å². The van der Waals surface area contributed by atoms with Crippen LogP contribution >= 0.6 is 0 Å². The number of benzene rings is 1. The molecular weight excluding hydrogens is 269 g/mol. The molecule has 0 unspecified atom stereocenters. The zero-order valence-corrected chi connectivity index (χ0v) is 13.1. The summed E-state index contributed by atoms with van der Waals surface area (Å²) in [6.45, 7) is 7.53. The smallest absolute Gasteiger partial charge is 0.331 e. The SMILES string of the molecule is COc1cc([B]OC(C)(C)C(C)(C)O)cc2c1C(=O)NC2. The van der Waals surface area contributed by atoms with Crippen LogP contribution in [0.4, 0.5) is 0 Å². The van der Waals surface area contributed by atoms with Crippen molar-refractivity contribution in [1.29, 1.82) is 0 Å². The summed E-state index contributed by atoms with van der Waals surface area (Å²) in [5.74, 6) is 0.407. The molecule has 0 atom stereocenters. The van der Waals surface area contributed by atoms with Crippen molar-refractivity contribution < 1.29 is 19.3 Å². The molecule has 0 saturated heterocycles. The van der Waals surface area contributed by atoms with E-state index in [1.165, 1.54) is 7.11 Å². The first kappa shape index (κ1) is 15.9. The number of hydrogen-bond acceptors (Lipinski definition) is 4. The van der Waals surface area contributed by atoms with Crippen molar-refractivity contribution in [3.63, 3.8) is 0 Å². The third kappa shape index (κ3) is 3.06. The minimum atomic E-state index is -0.984. The summed E-state index contributed by atoms with van der Waals surface area (Å²) in [5, 5.41) is 12.9. The summed E-state index contributed by atoms with van der Waals surface area (Å²) >= 11 is 0. The fraction of sp³-hybridized carbons (Fsp3) is 0.533. The molecule has 1 radical (unpaired) electrons. The molecule has 21 heavy (non-hydrogen) atoms. The van der Waals surface area contributed by atoms with E-state index in [1.807, 2.05) is 19.9 Å². The maximum absolute atomic E-state index is 11.7. The summed E-state index contributed by atoms with van der Waals surface area (Å²) < 4.78 is 11.0. The van der Waals surface area contributed by atoms with E-state index in [9.17, 15) is 9.90 Å². The zero-order chi connectivity index (χ0) is 15.8. The molecule has 2 rings (SSSR count). The summed E-state index contributed by atoms with van der Waals surface area (Å²) in [4.78, 5) is 11.7. The molecule has 1 aliphatic heterocycles. The fourth-order valence-electron chi connectivity index (χ4n) is 1.95. The molecule has 1 aromatic rings. The molecular formula is C15H21BNO4. The van der Waals surface area contributed by atoms with E-state index in [0.29, 0.717) is 17.9 Å². The average molecular weight is 290 g/mol. The first-order valence-electron chi connectivity index (χ1n) is 6.88. The molecule has 0 spiro atoms. The second-order valence-corrected chi connectivity index (χ2v) is 6.24. The second kappa shape index (κ2) is 5.35. The number of amides is 1. The van der Waals surface area contributed by atoms with Gasteiger partial charge in [0.25, 0.3) is 5.91 Å². The highest BCUT2D eigenvalue weighted by Gasteiger charge is 2.36. The summed E-state index contributed by atoms with van der Waals surface area (Å²) in [6, 6.07) is 3.64. The van der Waals surface area contributed by atoms with Gasteiger partial charge in [0.2, 0.25) is 0 Å². The Morgan fingerprint density at radius 1 is 1.29 bits per heavy atom. The Bertz CT molecular complexity index is 564. The Hall–Kier alpha value is -1.53. The predicted molar refractivity (Wildman–Crippen MR) is 81.0 cm³/mol. The van der Waals surface area contributed by atoms with Gasteiger partial charge in [-0.1, -0.05) is 6.07 Å². The summed E-state index contributed by atoms with van der Waals surface area (Å²) in [5.41, 5.74) is 0.529. The number of fused-ring (bicyclic) bond motifs is 1. The molecule has 1 aliphatic rings. The van der Waals surface area contributed by atoms with E-state index >= 15 is 0 Å². The first-order valence-corrected chi connectivity index (χ1v) is 6.88. The number of ether oxygens (including phenoxy) is 1. The van der Waals surface area contributed by atoms with Crippen LogP contribution in [0.25, 0.3) is 0 Å². The van der Waals surface area contributed by atoms with E-state index < -0.39 is 11.2 Å². The number of carbonyl (C=O) groups is 1. The van der Waals surface area contributed by atoms with Crippen molar-refractivity contribution >= 4 is 18.9 Å². The second-order valence-electron chi connectivity index (χ2n) is 6.24. The van der Waals surface area contributed by atoms with Crippen LogP contribution in [0.1, 0.15) is 43.6 Å². The first-order chi connectivity index (χ1) is 9.65. The lowest BCUT2D eigenvalue weighted by molar-refractivity contribution is -0.0893. The van der Waals surface area contributed by atoms with E-state index in [4.69, 9.17) is 9.39 Å². The highest BCUT2D eigenvalue weighted by atomic mass is 16.5. The number of nitrogens with one attached hydrogen (secondary N) is 1. The zero-order valence-electron chi connectivity index (χ0n) is 13.1. The molecule has 1 amide bonds. The molecule has 0 bridgehead atoms. The normalized spacial score (nSPS) is 14.7. The molecule has 6 heteroatoms. The van der Waals surface area contributed by atoms with Gasteiger partial charge in [-0.25, -0.2) is 0 Å². The molecule has 1 aromatic carbocycles. The van der Waals surface area contributed by atoms with Crippen molar-refractivity contribution in [1.82, 2.24) is 5.32 Å². The molecule has 0 aliphatic carbocycles. The van der Waals surface area contributed by atoms with Gasteiger partial charge in [-0.2, -0.15) is 0 Å². The molecule has 1 heterocycles. The van der Waals surface area contributed by atoms with Crippen LogP contribution in [0.2, 0.25) is 0 Å². The molecule has 5 nitrogen and oxygen atoms in total. The molecule has 0 fully saturated rings. The maximum atomic E-state index is 11.7. The van der Waals surface area contributed by atoms with Crippen molar-refractivity contribution in [2.45, 2.75) is 45.4 Å². The van der Waals surface area contributed by atoms with Gasteiger partial charge in [0.05, 0.1) is 23.9 Å². The third-order valence-corrected chi connectivity index (χ3v) is 4.06. The standard InChI is InChI=1S/C15H21BNO4/c1-14(2,19)15(3,4)21-16-10-6-9-8-17-13(18)12(9)11(7-10)20-5/h6-7,19H,8H2,1-5H3,(H,17,18). The van der Waals surface area contributed by atoms with Crippen LogP contribution in [0, 0.1) is 0 Å². The Balaban J connectivity index is 2.21. The van der Waals surface area contributed by atoms with Crippen LogP contribution in [0.15, 0.2) is 12.1 Å². The number of rotatable bonds is 5. The monoisotopic (exact) mass is 290 g/mol.